The Morgan fingerprint density at radius 2 is 2.43 bits per heavy atom. The summed E-state index contributed by atoms with van der Waals surface area (Å²) in [6.07, 6.45) is 1.62. The minimum atomic E-state index is 0.445. The summed E-state index contributed by atoms with van der Waals surface area (Å²) in [5, 5.41) is 3.33. The van der Waals surface area contributed by atoms with Crippen molar-refractivity contribution in [3.05, 3.63) is 0 Å². The van der Waals surface area contributed by atoms with Gasteiger partial charge in [0.05, 0.1) is 18.8 Å². The van der Waals surface area contributed by atoms with E-state index in [2.05, 4.69) is 29.1 Å². The van der Waals surface area contributed by atoms with E-state index in [9.17, 15) is 0 Å². The molecule has 2 heterocycles. The first-order chi connectivity index (χ1) is 6.85. The van der Waals surface area contributed by atoms with Crippen LogP contribution in [0, 0.1) is 0 Å². The fraction of sp³-hybridized carbons (Fsp3) is 0.900. The molecule has 0 saturated carbocycles. The van der Waals surface area contributed by atoms with Crippen LogP contribution in [0.2, 0.25) is 0 Å². The van der Waals surface area contributed by atoms with E-state index in [1.54, 1.807) is 0 Å². The van der Waals surface area contributed by atoms with Crippen LogP contribution in [0.25, 0.3) is 0 Å². The molecule has 4 heteroatoms. The van der Waals surface area contributed by atoms with Crippen molar-refractivity contribution in [3.63, 3.8) is 0 Å². The fourth-order valence-corrected chi connectivity index (χ4v) is 2.22. The second-order valence-corrected chi connectivity index (χ2v) is 3.83. The van der Waals surface area contributed by atoms with E-state index < -0.39 is 0 Å². The molecule has 14 heavy (non-hydrogen) atoms. The first-order valence-electron chi connectivity index (χ1n) is 5.51. The lowest BCUT2D eigenvalue weighted by Gasteiger charge is -2.30. The Hall–Kier alpha value is -0.770. The summed E-state index contributed by atoms with van der Waals surface area (Å²) >= 11 is 0. The topological polar surface area (TPSA) is 36.9 Å². The second-order valence-electron chi connectivity index (χ2n) is 3.83. The highest BCUT2D eigenvalue weighted by atomic mass is 16.5. The highest BCUT2D eigenvalue weighted by Crippen LogP contribution is 2.27. The summed E-state index contributed by atoms with van der Waals surface area (Å²) in [6.45, 7) is 7.85. The van der Waals surface area contributed by atoms with Crippen LogP contribution in [0.15, 0.2) is 4.99 Å². The average molecular weight is 197 g/mol. The lowest BCUT2D eigenvalue weighted by Crippen LogP contribution is -2.48. The van der Waals surface area contributed by atoms with Crippen molar-refractivity contribution < 1.29 is 4.74 Å². The van der Waals surface area contributed by atoms with Crippen molar-refractivity contribution in [3.8, 4) is 0 Å². The molecule has 0 radical (unpaired) electrons. The lowest BCUT2D eigenvalue weighted by atomic mass is 10.2. The van der Waals surface area contributed by atoms with Gasteiger partial charge in [0.15, 0.2) is 5.96 Å². The molecule has 2 saturated heterocycles. The average Bonchev–Trinajstić information content (AvgIpc) is 2.78. The first-order valence-corrected chi connectivity index (χ1v) is 5.51. The van der Waals surface area contributed by atoms with Gasteiger partial charge in [-0.05, 0) is 20.3 Å². The quantitative estimate of drug-likeness (QED) is 0.515. The number of aliphatic imine (C=N–C) groups is 1. The van der Waals surface area contributed by atoms with Gasteiger partial charge >= 0.3 is 0 Å². The molecule has 2 unspecified atom stereocenters. The van der Waals surface area contributed by atoms with Crippen LogP contribution < -0.4 is 5.32 Å². The van der Waals surface area contributed by atoms with E-state index in [0.29, 0.717) is 12.1 Å². The maximum absolute atomic E-state index is 5.56. The fourth-order valence-electron chi connectivity index (χ4n) is 2.22. The van der Waals surface area contributed by atoms with Gasteiger partial charge in [-0.15, -0.1) is 0 Å². The minimum Gasteiger partial charge on any atom is -0.374 e. The Bertz CT molecular complexity index is 229. The van der Waals surface area contributed by atoms with Crippen molar-refractivity contribution in [2.75, 3.05) is 26.2 Å². The molecule has 2 aliphatic heterocycles. The number of fused-ring (bicyclic) bond motifs is 2. The van der Waals surface area contributed by atoms with Crippen molar-refractivity contribution in [1.82, 2.24) is 10.2 Å². The Kier molecular flexibility index (Phi) is 2.91. The maximum Gasteiger partial charge on any atom is 0.194 e. The van der Waals surface area contributed by atoms with Crippen LogP contribution in [0.5, 0.6) is 0 Å². The highest BCUT2D eigenvalue weighted by Gasteiger charge is 2.40. The number of hydrogen-bond acceptors (Lipinski definition) is 2. The van der Waals surface area contributed by atoms with E-state index in [-0.39, 0.29) is 0 Å². The number of ether oxygens (including phenoxy) is 1. The van der Waals surface area contributed by atoms with Crippen molar-refractivity contribution in [2.24, 2.45) is 4.99 Å². The predicted octanol–water partition coefficient (Wildman–Crippen LogP) is 0.445. The van der Waals surface area contributed by atoms with Crippen LogP contribution in [-0.2, 0) is 4.74 Å². The van der Waals surface area contributed by atoms with Gasteiger partial charge < -0.3 is 15.0 Å². The third kappa shape index (κ3) is 1.71. The molecule has 2 rings (SSSR count). The molecule has 0 aromatic rings. The van der Waals surface area contributed by atoms with Gasteiger partial charge in [-0.25, -0.2) is 0 Å². The normalized spacial score (nSPS) is 31.3. The molecule has 0 amide bonds. The van der Waals surface area contributed by atoms with Crippen molar-refractivity contribution in [2.45, 2.75) is 32.4 Å². The maximum atomic E-state index is 5.56. The number of hydrogen-bond donors (Lipinski definition) is 1. The molecular weight excluding hydrogens is 178 g/mol. The summed E-state index contributed by atoms with van der Waals surface area (Å²) in [7, 11) is 0. The van der Waals surface area contributed by atoms with Crippen LogP contribution in [-0.4, -0.2) is 49.2 Å². The Morgan fingerprint density at radius 1 is 1.57 bits per heavy atom. The number of guanidine groups is 1. The SMILES string of the molecule is CCN=C(NCC)N1CC2CC1CO2. The van der Waals surface area contributed by atoms with Gasteiger partial charge in [0.25, 0.3) is 0 Å². The monoisotopic (exact) mass is 197 g/mol. The Balaban J connectivity index is 2.01. The molecular formula is C10H19N3O. The summed E-state index contributed by atoms with van der Waals surface area (Å²) in [6, 6.07) is 0.560. The van der Waals surface area contributed by atoms with Gasteiger partial charge in [0.2, 0.25) is 0 Å². The van der Waals surface area contributed by atoms with E-state index in [1.165, 1.54) is 6.42 Å². The van der Waals surface area contributed by atoms with Crippen LogP contribution in [0.4, 0.5) is 0 Å². The van der Waals surface area contributed by atoms with E-state index in [1.807, 2.05) is 0 Å². The number of nitrogens with one attached hydrogen (secondary N) is 1. The van der Waals surface area contributed by atoms with Crippen molar-refractivity contribution >= 4 is 5.96 Å². The summed E-state index contributed by atoms with van der Waals surface area (Å²) in [5.74, 6) is 1.06. The van der Waals surface area contributed by atoms with Crippen LogP contribution in [0.1, 0.15) is 20.3 Å². The zero-order chi connectivity index (χ0) is 9.97. The highest BCUT2D eigenvalue weighted by molar-refractivity contribution is 5.80. The molecule has 1 N–H and O–H groups in total. The first kappa shape index (κ1) is 9.77. The predicted molar refractivity (Wildman–Crippen MR) is 56.5 cm³/mol. The van der Waals surface area contributed by atoms with Gasteiger partial charge in [-0.3, -0.25) is 4.99 Å². The summed E-state index contributed by atoms with van der Waals surface area (Å²) in [4.78, 5) is 6.85. The number of likely N-dealkylation sites (tertiary alicyclic amines) is 1. The largest absolute Gasteiger partial charge is 0.374 e. The van der Waals surface area contributed by atoms with Gasteiger partial charge in [0, 0.05) is 19.6 Å². The van der Waals surface area contributed by atoms with Crippen LogP contribution >= 0.6 is 0 Å². The minimum absolute atomic E-state index is 0.445. The zero-order valence-electron chi connectivity index (χ0n) is 8.99. The molecule has 0 aromatic carbocycles. The second kappa shape index (κ2) is 4.17. The van der Waals surface area contributed by atoms with E-state index >= 15 is 0 Å². The molecule has 2 atom stereocenters. The van der Waals surface area contributed by atoms with Gasteiger partial charge in [-0.1, -0.05) is 0 Å². The van der Waals surface area contributed by atoms with Gasteiger partial charge in [0.1, 0.15) is 0 Å². The lowest BCUT2D eigenvalue weighted by molar-refractivity contribution is 0.0554. The smallest absolute Gasteiger partial charge is 0.194 e. The van der Waals surface area contributed by atoms with Crippen LogP contribution in [0.3, 0.4) is 0 Å². The third-order valence-electron chi connectivity index (χ3n) is 2.82. The number of morpholine rings is 1. The number of rotatable bonds is 2. The molecule has 4 nitrogen and oxygen atoms in total. The molecule has 0 aromatic heterocycles. The van der Waals surface area contributed by atoms with E-state index in [0.717, 1.165) is 32.2 Å². The van der Waals surface area contributed by atoms with E-state index in [4.69, 9.17) is 4.74 Å². The standard InChI is InChI=1S/C10H19N3O/c1-3-11-10(12-4-2)13-6-9-5-8(13)7-14-9/h8-9H,3-7H2,1-2H3,(H,11,12). The Labute approximate surface area is 85.3 Å². The summed E-state index contributed by atoms with van der Waals surface area (Å²) < 4.78 is 5.56. The number of nitrogens with zero attached hydrogens (tertiary/aromatic N) is 2. The zero-order valence-corrected chi connectivity index (χ0v) is 8.99. The molecule has 2 fully saturated rings. The molecule has 2 aliphatic rings. The molecule has 80 valence electrons. The molecule has 0 aliphatic carbocycles. The third-order valence-corrected chi connectivity index (χ3v) is 2.82. The summed E-state index contributed by atoms with van der Waals surface area (Å²) in [5.41, 5.74) is 0. The molecule has 0 spiro atoms. The van der Waals surface area contributed by atoms with Crippen molar-refractivity contribution in [1.29, 1.82) is 0 Å². The Morgan fingerprint density at radius 3 is 2.93 bits per heavy atom. The van der Waals surface area contributed by atoms with Gasteiger partial charge in [-0.2, -0.15) is 0 Å². The molecule has 2 bridgehead atoms.